The first-order chi connectivity index (χ1) is 13.6. The molecule has 0 rings (SSSR count). The van der Waals surface area contributed by atoms with E-state index in [9.17, 15) is 5.11 Å². The van der Waals surface area contributed by atoms with Crippen LogP contribution in [0, 0.1) is 0 Å². The van der Waals surface area contributed by atoms with Crippen LogP contribution in [0.15, 0.2) is 0 Å². The van der Waals surface area contributed by atoms with Crippen molar-refractivity contribution in [1.82, 2.24) is 0 Å². The van der Waals surface area contributed by atoms with E-state index in [2.05, 4.69) is 27.7 Å². The Labute approximate surface area is 196 Å². The van der Waals surface area contributed by atoms with Gasteiger partial charge in [-0.1, -0.05) is 98.3 Å². The molecule has 0 radical (unpaired) electrons. The van der Waals surface area contributed by atoms with Crippen LogP contribution in [-0.2, 0) is 35.9 Å². The molecular weight excluding hydrogens is 400 g/mol. The summed E-state index contributed by atoms with van der Waals surface area (Å²) in [4.78, 5) is 0. The minimum absolute atomic E-state index is 0. The van der Waals surface area contributed by atoms with Crippen LogP contribution in [0.4, 0.5) is 0 Å². The van der Waals surface area contributed by atoms with Gasteiger partial charge in [-0.05, 0) is 25.7 Å². The van der Waals surface area contributed by atoms with Gasteiger partial charge in [0.05, 0.1) is 13.2 Å². The SMILES string of the molecule is CCCCCCOC(CCCC)C(O)(OCCCCCC)OCCCCCC.[Ti]. The van der Waals surface area contributed by atoms with Gasteiger partial charge in [-0.3, -0.25) is 0 Å². The summed E-state index contributed by atoms with van der Waals surface area (Å²) in [6.07, 6.45) is 16.0. The van der Waals surface area contributed by atoms with Crippen molar-refractivity contribution in [2.45, 2.75) is 136 Å². The van der Waals surface area contributed by atoms with Crippen molar-refractivity contribution in [1.29, 1.82) is 0 Å². The molecule has 0 aliphatic carbocycles. The fourth-order valence-electron chi connectivity index (χ4n) is 3.24. The summed E-state index contributed by atoms with van der Waals surface area (Å²) >= 11 is 0. The van der Waals surface area contributed by atoms with Crippen molar-refractivity contribution >= 4 is 0 Å². The summed E-state index contributed by atoms with van der Waals surface area (Å²) in [5.74, 6) is -1.61. The minimum atomic E-state index is -1.61. The van der Waals surface area contributed by atoms with Gasteiger partial charge >= 0.3 is 5.97 Å². The Bertz CT molecular complexity index is 301. The van der Waals surface area contributed by atoms with Crippen molar-refractivity contribution < 1.29 is 41.0 Å². The van der Waals surface area contributed by atoms with E-state index in [1.54, 1.807) is 0 Å². The first kappa shape index (κ1) is 31.7. The molecule has 0 fully saturated rings. The monoisotopic (exact) mass is 450 g/mol. The fraction of sp³-hybridized carbons (Fsp3) is 1.00. The second-order valence-electron chi connectivity index (χ2n) is 8.01. The molecule has 0 spiro atoms. The van der Waals surface area contributed by atoms with Gasteiger partial charge in [-0.2, -0.15) is 0 Å². The smallest absolute Gasteiger partial charge is 0.308 e. The molecule has 4 nitrogen and oxygen atoms in total. The van der Waals surface area contributed by atoms with Crippen LogP contribution in [0.1, 0.15) is 124 Å². The van der Waals surface area contributed by atoms with Gasteiger partial charge < -0.3 is 19.3 Å². The van der Waals surface area contributed by atoms with Gasteiger partial charge in [-0.15, -0.1) is 0 Å². The van der Waals surface area contributed by atoms with E-state index in [0.717, 1.165) is 51.4 Å². The molecule has 29 heavy (non-hydrogen) atoms. The zero-order chi connectivity index (χ0) is 20.9. The van der Waals surface area contributed by atoms with Crippen LogP contribution in [0.3, 0.4) is 0 Å². The second-order valence-corrected chi connectivity index (χ2v) is 8.01. The van der Waals surface area contributed by atoms with Gasteiger partial charge in [0.1, 0.15) is 6.10 Å². The van der Waals surface area contributed by atoms with Crippen LogP contribution in [0.5, 0.6) is 0 Å². The summed E-state index contributed by atoms with van der Waals surface area (Å²) in [7, 11) is 0. The molecule has 0 amide bonds. The molecule has 0 aromatic carbocycles. The third kappa shape index (κ3) is 17.9. The third-order valence-corrected chi connectivity index (χ3v) is 5.16. The average molecular weight is 451 g/mol. The number of hydrogen-bond acceptors (Lipinski definition) is 4. The molecule has 1 unspecified atom stereocenters. The summed E-state index contributed by atoms with van der Waals surface area (Å²) in [6.45, 7) is 10.5. The maximum absolute atomic E-state index is 11.2. The van der Waals surface area contributed by atoms with Gasteiger partial charge in [0.15, 0.2) is 0 Å². The maximum Gasteiger partial charge on any atom is 0.308 e. The Balaban J connectivity index is 0. The van der Waals surface area contributed by atoms with Gasteiger partial charge in [0, 0.05) is 28.3 Å². The molecule has 0 aliphatic heterocycles. The summed E-state index contributed by atoms with van der Waals surface area (Å²) in [6, 6.07) is 0. The van der Waals surface area contributed by atoms with Crippen LogP contribution >= 0.6 is 0 Å². The molecule has 5 heteroatoms. The van der Waals surface area contributed by atoms with E-state index < -0.39 is 12.1 Å². The van der Waals surface area contributed by atoms with E-state index in [0.29, 0.717) is 19.8 Å². The molecule has 0 saturated heterocycles. The second kappa shape index (κ2) is 23.2. The Hall–Kier alpha value is 0.554. The van der Waals surface area contributed by atoms with Gasteiger partial charge in [0.25, 0.3) is 0 Å². The van der Waals surface area contributed by atoms with E-state index >= 15 is 0 Å². The van der Waals surface area contributed by atoms with Crippen molar-refractivity contribution in [2.75, 3.05) is 19.8 Å². The summed E-state index contributed by atoms with van der Waals surface area (Å²) in [5.41, 5.74) is 0. The molecule has 1 N–H and O–H groups in total. The number of unbranched alkanes of at least 4 members (excludes halogenated alkanes) is 10. The molecule has 0 saturated carbocycles. The van der Waals surface area contributed by atoms with E-state index in [4.69, 9.17) is 14.2 Å². The standard InChI is InChI=1S/C24H50O4.Ti/c1-5-9-13-16-20-26-23(19-12-8-4)24(25,27-21-17-14-10-6-2)28-22-18-15-11-7-3;/h23,25H,5-22H2,1-4H3;. The van der Waals surface area contributed by atoms with Crippen molar-refractivity contribution in [2.24, 2.45) is 0 Å². The molecule has 0 aromatic heterocycles. The van der Waals surface area contributed by atoms with E-state index in [1.165, 1.54) is 44.9 Å². The molecule has 0 bridgehead atoms. The molecule has 174 valence electrons. The van der Waals surface area contributed by atoms with Gasteiger partial charge in [0.2, 0.25) is 0 Å². The summed E-state index contributed by atoms with van der Waals surface area (Å²) in [5, 5.41) is 11.2. The number of aliphatic hydroxyl groups is 1. The molecule has 1 atom stereocenters. The zero-order valence-corrected chi connectivity index (χ0v) is 21.5. The van der Waals surface area contributed by atoms with Crippen LogP contribution in [-0.4, -0.2) is 37.0 Å². The first-order valence-electron chi connectivity index (χ1n) is 12.3. The van der Waals surface area contributed by atoms with Crippen LogP contribution in [0.25, 0.3) is 0 Å². The van der Waals surface area contributed by atoms with Crippen LogP contribution in [0.2, 0.25) is 0 Å². The van der Waals surface area contributed by atoms with Crippen molar-refractivity contribution in [3.8, 4) is 0 Å². The van der Waals surface area contributed by atoms with Gasteiger partial charge in [-0.25, -0.2) is 0 Å². The predicted octanol–water partition coefficient (Wildman–Crippen LogP) is 6.98. The van der Waals surface area contributed by atoms with Crippen LogP contribution < -0.4 is 0 Å². The fourth-order valence-corrected chi connectivity index (χ4v) is 3.24. The topological polar surface area (TPSA) is 47.9 Å². The van der Waals surface area contributed by atoms with E-state index in [1.807, 2.05) is 0 Å². The van der Waals surface area contributed by atoms with Crippen molar-refractivity contribution in [3.63, 3.8) is 0 Å². The third-order valence-electron chi connectivity index (χ3n) is 5.16. The number of rotatable bonds is 22. The molecule has 0 heterocycles. The predicted molar refractivity (Wildman–Crippen MR) is 119 cm³/mol. The van der Waals surface area contributed by atoms with Crippen molar-refractivity contribution in [3.05, 3.63) is 0 Å². The largest absolute Gasteiger partial charge is 0.370 e. The molecule has 0 aliphatic rings. The Morgan fingerprint density at radius 2 is 1.00 bits per heavy atom. The maximum atomic E-state index is 11.2. The normalized spacial score (nSPS) is 12.7. The summed E-state index contributed by atoms with van der Waals surface area (Å²) < 4.78 is 18.0. The minimum Gasteiger partial charge on any atom is -0.370 e. The Morgan fingerprint density at radius 3 is 1.41 bits per heavy atom. The Kier molecular flexibility index (Phi) is 25.4. The first-order valence-corrected chi connectivity index (χ1v) is 12.3. The number of hydrogen-bond donors (Lipinski definition) is 1. The Morgan fingerprint density at radius 1 is 0.586 bits per heavy atom. The average Bonchev–Trinajstić information content (AvgIpc) is 2.69. The number of ether oxygens (including phenoxy) is 3. The molecule has 0 aromatic rings. The molecular formula is C24H50O4Ti. The quantitative estimate of drug-likeness (QED) is 0.110. The van der Waals surface area contributed by atoms with E-state index in [-0.39, 0.29) is 21.7 Å². The zero-order valence-electron chi connectivity index (χ0n) is 20.0.